The van der Waals surface area contributed by atoms with E-state index < -0.39 is 11.8 Å². The summed E-state index contributed by atoms with van der Waals surface area (Å²) in [7, 11) is 0. The van der Waals surface area contributed by atoms with Crippen LogP contribution in [0.3, 0.4) is 0 Å². The first-order chi connectivity index (χ1) is 7.91. The smallest absolute Gasteiger partial charge is 0.330 e. The van der Waals surface area contributed by atoms with Gasteiger partial charge in [-0.2, -0.15) is 0 Å². The van der Waals surface area contributed by atoms with Gasteiger partial charge in [0.15, 0.2) is 0 Å². The second-order valence-corrected chi connectivity index (χ2v) is 3.99. The van der Waals surface area contributed by atoms with Crippen LogP contribution in [0.1, 0.15) is 20.3 Å². The Bertz CT molecular complexity index is 407. The predicted octanol–water partition coefficient (Wildman–Crippen LogP) is 2.19. The zero-order chi connectivity index (χ0) is 12.9. The van der Waals surface area contributed by atoms with Gasteiger partial charge in [0.2, 0.25) is 5.79 Å². The molecule has 0 radical (unpaired) electrons. The minimum atomic E-state index is -1.42. The molecule has 0 heterocycles. The quantitative estimate of drug-likeness (QED) is 0.607. The van der Waals surface area contributed by atoms with Gasteiger partial charge < -0.3 is 14.9 Å². The Kier molecular flexibility index (Phi) is 4.29. The number of rotatable bonds is 5. The number of carbonyl (C=O) groups is 1. The van der Waals surface area contributed by atoms with E-state index in [1.165, 1.54) is 19.9 Å². The molecule has 17 heavy (non-hydrogen) atoms. The van der Waals surface area contributed by atoms with Crippen molar-refractivity contribution in [2.24, 2.45) is 0 Å². The molecular formula is C13H16O4. The van der Waals surface area contributed by atoms with E-state index in [1.54, 1.807) is 24.3 Å². The van der Waals surface area contributed by atoms with Crippen molar-refractivity contribution in [1.82, 2.24) is 0 Å². The van der Waals surface area contributed by atoms with Crippen molar-refractivity contribution in [3.05, 3.63) is 42.0 Å². The molecule has 0 aromatic heterocycles. The number of carboxylic acids is 1. The molecule has 0 aliphatic carbocycles. The molecule has 0 bridgehead atoms. The molecule has 0 aliphatic rings. The summed E-state index contributed by atoms with van der Waals surface area (Å²) in [4.78, 5) is 10.6. The fraction of sp³-hybridized carbons (Fsp3) is 0.308. The minimum absolute atomic E-state index is 0.111. The fourth-order valence-corrected chi connectivity index (χ4v) is 1.21. The van der Waals surface area contributed by atoms with E-state index in [4.69, 9.17) is 9.84 Å². The number of aliphatic hydroxyl groups is 1. The average Bonchev–Trinajstić information content (AvgIpc) is 2.26. The van der Waals surface area contributed by atoms with Crippen LogP contribution in [0.4, 0.5) is 0 Å². The Morgan fingerprint density at radius 2 is 2.00 bits per heavy atom. The molecule has 0 fully saturated rings. The van der Waals surface area contributed by atoms with Crippen LogP contribution in [0.15, 0.2) is 42.0 Å². The first kappa shape index (κ1) is 13.3. The van der Waals surface area contributed by atoms with Gasteiger partial charge in [-0.1, -0.05) is 24.3 Å². The molecule has 1 aromatic rings. The Morgan fingerprint density at radius 1 is 1.41 bits per heavy atom. The summed E-state index contributed by atoms with van der Waals surface area (Å²) in [6.07, 6.45) is 1.55. The number of ether oxygens (including phenoxy) is 1. The third kappa shape index (κ3) is 4.70. The monoisotopic (exact) mass is 236 g/mol. The van der Waals surface area contributed by atoms with Gasteiger partial charge in [-0.15, -0.1) is 0 Å². The van der Waals surface area contributed by atoms with Crippen molar-refractivity contribution >= 4 is 5.97 Å². The van der Waals surface area contributed by atoms with Crippen LogP contribution in [0.5, 0.6) is 5.75 Å². The molecule has 0 saturated heterocycles. The lowest BCUT2D eigenvalue weighted by molar-refractivity contribution is -0.132. The molecule has 2 N–H and O–H groups in total. The maximum Gasteiger partial charge on any atom is 0.330 e. The molecule has 0 spiro atoms. The number of carboxylic acid groups (broad SMARTS) is 1. The number of benzene rings is 1. The van der Waals surface area contributed by atoms with Crippen molar-refractivity contribution in [2.75, 3.05) is 0 Å². The third-order valence-corrected chi connectivity index (χ3v) is 2.21. The number of para-hydroxylation sites is 1. The number of hydrogen-bond acceptors (Lipinski definition) is 3. The van der Waals surface area contributed by atoms with Crippen LogP contribution in [-0.2, 0) is 4.79 Å². The highest BCUT2D eigenvalue weighted by molar-refractivity contribution is 5.85. The van der Waals surface area contributed by atoms with E-state index in [0.717, 1.165) is 0 Å². The van der Waals surface area contributed by atoms with E-state index in [0.29, 0.717) is 5.75 Å². The fourth-order valence-electron chi connectivity index (χ4n) is 1.21. The zero-order valence-corrected chi connectivity index (χ0v) is 9.88. The van der Waals surface area contributed by atoms with Crippen molar-refractivity contribution < 1.29 is 19.7 Å². The van der Waals surface area contributed by atoms with Crippen molar-refractivity contribution in [1.29, 1.82) is 0 Å². The summed E-state index contributed by atoms with van der Waals surface area (Å²) < 4.78 is 5.35. The van der Waals surface area contributed by atoms with Crippen LogP contribution in [0, 0.1) is 0 Å². The largest absolute Gasteiger partial charge is 0.478 e. The molecule has 1 unspecified atom stereocenters. The highest BCUT2D eigenvalue weighted by Crippen LogP contribution is 2.19. The van der Waals surface area contributed by atoms with Gasteiger partial charge >= 0.3 is 5.97 Å². The molecule has 0 aliphatic heterocycles. The van der Waals surface area contributed by atoms with Crippen LogP contribution in [0.2, 0.25) is 0 Å². The molecule has 4 nitrogen and oxygen atoms in total. The van der Waals surface area contributed by atoms with Gasteiger partial charge in [-0.05, 0) is 19.1 Å². The van der Waals surface area contributed by atoms with E-state index in [-0.39, 0.29) is 12.0 Å². The topological polar surface area (TPSA) is 66.8 Å². The Balaban J connectivity index is 2.64. The van der Waals surface area contributed by atoms with Crippen molar-refractivity contribution in [3.63, 3.8) is 0 Å². The van der Waals surface area contributed by atoms with Crippen LogP contribution < -0.4 is 4.74 Å². The average molecular weight is 236 g/mol. The van der Waals surface area contributed by atoms with Crippen molar-refractivity contribution in [3.8, 4) is 5.75 Å². The third-order valence-electron chi connectivity index (χ3n) is 2.21. The van der Waals surface area contributed by atoms with E-state index in [2.05, 4.69) is 0 Å². The molecule has 4 heteroatoms. The standard InChI is InChI=1S/C13H16O4/c1-10(12(14)15)8-9-13(2,16)17-11-6-4-3-5-7-11/h3-8,16H,9H2,1-2H3,(H,14,15). The molecule has 92 valence electrons. The lowest BCUT2D eigenvalue weighted by Crippen LogP contribution is -2.31. The lowest BCUT2D eigenvalue weighted by atomic mass is 10.1. The second-order valence-electron chi connectivity index (χ2n) is 3.99. The number of aliphatic carboxylic acids is 1. The zero-order valence-electron chi connectivity index (χ0n) is 9.88. The second kappa shape index (κ2) is 5.50. The van der Waals surface area contributed by atoms with Crippen LogP contribution >= 0.6 is 0 Å². The minimum Gasteiger partial charge on any atom is -0.478 e. The van der Waals surface area contributed by atoms with Crippen LogP contribution in [-0.4, -0.2) is 22.0 Å². The summed E-state index contributed by atoms with van der Waals surface area (Å²) in [5.74, 6) is -1.88. The van der Waals surface area contributed by atoms with E-state index in [9.17, 15) is 9.90 Å². The van der Waals surface area contributed by atoms with Gasteiger partial charge in [-0.25, -0.2) is 4.79 Å². The number of hydrogen-bond donors (Lipinski definition) is 2. The van der Waals surface area contributed by atoms with Gasteiger partial charge in [0.05, 0.1) is 0 Å². The van der Waals surface area contributed by atoms with Gasteiger partial charge in [0, 0.05) is 18.9 Å². The first-order valence-corrected chi connectivity index (χ1v) is 5.27. The maximum atomic E-state index is 10.6. The van der Waals surface area contributed by atoms with Crippen molar-refractivity contribution in [2.45, 2.75) is 26.1 Å². The SMILES string of the molecule is CC(=CCC(C)(O)Oc1ccccc1)C(=O)O. The Hall–Kier alpha value is -1.81. The molecule has 1 atom stereocenters. The predicted molar refractivity (Wildman–Crippen MR) is 63.7 cm³/mol. The molecular weight excluding hydrogens is 220 g/mol. The highest BCUT2D eigenvalue weighted by atomic mass is 16.6. The molecule has 1 aromatic carbocycles. The summed E-state index contributed by atoms with van der Waals surface area (Å²) in [5, 5.41) is 18.6. The summed E-state index contributed by atoms with van der Waals surface area (Å²) in [6.45, 7) is 2.96. The first-order valence-electron chi connectivity index (χ1n) is 5.27. The van der Waals surface area contributed by atoms with Gasteiger partial charge in [0.25, 0.3) is 0 Å². The molecule has 1 rings (SSSR count). The maximum absolute atomic E-state index is 10.6. The van der Waals surface area contributed by atoms with E-state index in [1.807, 2.05) is 6.07 Å². The lowest BCUT2D eigenvalue weighted by Gasteiger charge is -2.23. The van der Waals surface area contributed by atoms with Gasteiger partial charge in [-0.3, -0.25) is 0 Å². The summed E-state index contributed by atoms with van der Waals surface area (Å²) >= 11 is 0. The van der Waals surface area contributed by atoms with Crippen LogP contribution in [0.25, 0.3) is 0 Å². The summed E-state index contributed by atoms with van der Waals surface area (Å²) in [6, 6.07) is 8.88. The Morgan fingerprint density at radius 3 is 2.53 bits per heavy atom. The Labute approximate surface area is 100 Å². The normalized spacial score (nSPS) is 15.1. The molecule has 0 amide bonds. The molecule has 0 saturated carbocycles. The van der Waals surface area contributed by atoms with Gasteiger partial charge in [0.1, 0.15) is 5.75 Å². The van der Waals surface area contributed by atoms with E-state index >= 15 is 0 Å². The summed E-state index contributed by atoms with van der Waals surface area (Å²) in [5.41, 5.74) is 0.182. The highest BCUT2D eigenvalue weighted by Gasteiger charge is 2.21.